The Kier molecular flexibility index (Phi) is 4.98. The van der Waals surface area contributed by atoms with Crippen LogP contribution in [0, 0.1) is 19.8 Å². The highest BCUT2D eigenvalue weighted by Crippen LogP contribution is 2.38. The molecule has 2 aromatic heterocycles. The van der Waals surface area contributed by atoms with Crippen LogP contribution in [-0.2, 0) is 22.4 Å². The minimum Gasteiger partial charge on any atom is -0.465 e. The van der Waals surface area contributed by atoms with Gasteiger partial charge in [0.1, 0.15) is 10.1 Å². The molecule has 0 saturated carbocycles. The first-order valence-corrected chi connectivity index (χ1v) is 12.1. The van der Waals surface area contributed by atoms with Crippen molar-refractivity contribution < 1.29 is 9.53 Å². The van der Waals surface area contributed by atoms with Crippen LogP contribution in [0.15, 0.2) is 28.2 Å². The number of rotatable bonds is 3. The van der Waals surface area contributed by atoms with Gasteiger partial charge < -0.3 is 4.74 Å². The maximum atomic E-state index is 13.9. The van der Waals surface area contributed by atoms with Gasteiger partial charge in [0.25, 0.3) is 5.56 Å². The smallest absolute Gasteiger partial charge is 0.319 e. The van der Waals surface area contributed by atoms with Crippen molar-refractivity contribution in [3.63, 3.8) is 0 Å². The fourth-order valence-electron chi connectivity index (χ4n) is 4.33. The molecule has 0 radical (unpaired) electrons. The number of thioether (sulfide) groups is 1. The average Bonchev–Trinajstić information content (AvgIpc) is 3.27. The fraction of sp³-hybridized carbons (Fsp3) is 0.435. The predicted octanol–water partition coefficient (Wildman–Crippen LogP) is 4.60. The van der Waals surface area contributed by atoms with E-state index in [0.29, 0.717) is 24.1 Å². The van der Waals surface area contributed by atoms with Crippen LogP contribution in [0.25, 0.3) is 15.9 Å². The number of aryl methyl sites for hydroxylation is 3. The first-order chi connectivity index (χ1) is 14.4. The Bertz CT molecular complexity index is 1230. The Morgan fingerprint density at radius 3 is 2.83 bits per heavy atom. The summed E-state index contributed by atoms with van der Waals surface area (Å²) in [6, 6.07) is 6.11. The monoisotopic (exact) mass is 440 g/mol. The van der Waals surface area contributed by atoms with E-state index in [1.54, 1.807) is 15.9 Å². The summed E-state index contributed by atoms with van der Waals surface area (Å²) in [6.07, 6.45) is 3.69. The molecule has 0 bridgehead atoms. The van der Waals surface area contributed by atoms with E-state index in [4.69, 9.17) is 9.72 Å². The molecule has 2 aliphatic rings. The lowest BCUT2D eigenvalue weighted by Crippen LogP contribution is -2.24. The number of hydrogen-bond donors (Lipinski definition) is 0. The second-order valence-corrected chi connectivity index (χ2v) is 10.7. The van der Waals surface area contributed by atoms with E-state index < -0.39 is 0 Å². The van der Waals surface area contributed by atoms with E-state index in [1.807, 2.05) is 32.0 Å². The van der Waals surface area contributed by atoms with Gasteiger partial charge in [-0.05, 0) is 61.8 Å². The molecular formula is C23H24N2O3S2. The summed E-state index contributed by atoms with van der Waals surface area (Å²) in [5.41, 5.74) is 4.10. The summed E-state index contributed by atoms with van der Waals surface area (Å²) in [6.45, 7) is 6.73. The van der Waals surface area contributed by atoms with Crippen molar-refractivity contribution in [2.24, 2.45) is 5.92 Å². The average molecular weight is 441 g/mol. The Morgan fingerprint density at radius 1 is 1.23 bits per heavy atom. The number of fused-ring (bicyclic) bond motifs is 3. The highest BCUT2D eigenvalue weighted by molar-refractivity contribution is 8.00. The van der Waals surface area contributed by atoms with E-state index in [2.05, 4.69) is 6.92 Å². The van der Waals surface area contributed by atoms with Crippen LogP contribution < -0.4 is 5.56 Å². The van der Waals surface area contributed by atoms with Gasteiger partial charge in [-0.15, -0.1) is 11.3 Å². The number of carbonyl (C=O) groups excluding carboxylic acids is 1. The van der Waals surface area contributed by atoms with Gasteiger partial charge in [0.2, 0.25) is 0 Å². The first kappa shape index (κ1) is 19.8. The molecule has 5 nitrogen and oxygen atoms in total. The van der Waals surface area contributed by atoms with Gasteiger partial charge in [-0.1, -0.05) is 30.8 Å². The molecule has 1 saturated heterocycles. The minimum absolute atomic E-state index is 0.0189. The summed E-state index contributed by atoms with van der Waals surface area (Å²) in [4.78, 5) is 33.1. The SMILES string of the molecule is Cc1ccc(C)c(-n2c(S[C@H]3CCOC3=O)nc3sc4c(c3c2=O)CC[C@H](C)C4)c1. The van der Waals surface area contributed by atoms with Crippen LogP contribution in [0.3, 0.4) is 0 Å². The topological polar surface area (TPSA) is 61.2 Å². The molecule has 5 rings (SSSR count). The van der Waals surface area contributed by atoms with E-state index in [1.165, 1.54) is 22.2 Å². The maximum absolute atomic E-state index is 13.9. The lowest BCUT2D eigenvalue weighted by Gasteiger charge is -2.18. The molecule has 1 aromatic carbocycles. The normalized spacial score (nSPS) is 21.1. The number of esters is 1. The Labute approximate surface area is 183 Å². The summed E-state index contributed by atoms with van der Waals surface area (Å²) >= 11 is 3.00. The lowest BCUT2D eigenvalue weighted by molar-refractivity contribution is -0.137. The third-order valence-electron chi connectivity index (χ3n) is 6.04. The number of cyclic esters (lactones) is 1. The van der Waals surface area contributed by atoms with Crippen molar-refractivity contribution in [1.82, 2.24) is 9.55 Å². The highest BCUT2D eigenvalue weighted by atomic mass is 32.2. The van der Waals surface area contributed by atoms with E-state index >= 15 is 0 Å². The summed E-state index contributed by atoms with van der Waals surface area (Å²) in [7, 11) is 0. The molecule has 0 unspecified atom stereocenters. The highest BCUT2D eigenvalue weighted by Gasteiger charge is 2.31. The standard InChI is InChI=1S/C23H24N2O3S2/c1-12-4-6-14(3)16(10-12)25-21(26)19-15-7-5-13(2)11-18(15)29-20(19)24-23(25)30-17-8-9-28-22(17)27/h4,6,10,13,17H,5,7-9,11H2,1-3H3/t13-,17-/m0/s1. The number of ether oxygens (including phenoxy) is 1. The molecule has 1 fully saturated rings. The van der Waals surface area contributed by atoms with Gasteiger partial charge in [-0.2, -0.15) is 0 Å². The van der Waals surface area contributed by atoms with Gasteiger partial charge in [-0.3, -0.25) is 14.2 Å². The molecular weight excluding hydrogens is 416 g/mol. The van der Waals surface area contributed by atoms with Gasteiger partial charge in [0.05, 0.1) is 17.7 Å². The molecule has 0 spiro atoms. The Morgan fingerprint density at radius 2 is 2.07 bits per heavy atom. The molecule has 156 valence electrons. The van der Waals surface area contributed by atoms with Crippen LogP contribution >= 0.6 is 23.1 Å². The molecule has 1 aliphatic carbocycles. The van der Waals surface area contributed by atoms with Crippen molar-refractivity contribution in [2.75, 3.05) is 6.61 Å². The minimum atomic E-state index is -0.319. The number of benzene rings is 1. The van der Waals surface area contributed by atoms with Gasteiger partial charge >= 0.3 is 5.97 Å². The van der Waals surface area contributed by atoms with Crippen molar-refractivity contribution >= 4 is 39.3 Å². The zero-order valence-electron chi connectivity index (χ0n) is 17.4. The first-order valence-electron chi connectivity index (χ1n) is 10.4. The third-order valence-corrected chi connectivity index (χ3v) is 8.38. The largest absolute Gasteiger partial charge is 0.465 e. The second kappa shape index (κ2) is 7.54. The molecule has 1 aliphatic heterocycles. The predicted molar refractivity (Wildman–Crippen MR) is 121 cm³/mol. The number of nitrogens with zero attached hydrogens (tertiary/aromatic N) is 2. The zero-order valence-corrected chi connectivity index (χ0v) is 19.0. The van der Waals surface area contributed by atoms with Crippen LogP contribution in [0.2, 0.25) is 0 Å². The van der Waals surface area contributed by atoms with E-state index in [0.717, 1.165) is 46.3 Å². The summed E-state index contributed by atoms with van der Waals surface area (Å²) in [5.74, 6) is 0.412. The maximum Gasteiger partial charge on any atom is 0.319 e. The summed E-state index contributed by atoms with van der Waals surface area (Å²) < 4.78 is 6.88. The van der Waals surface area contributed by atoms with Crippen LogP contribution in [0.1, 0.15) is 41.3 Å². The van der Waals surface area contributed by atoms with Crippen molar-refractivity contribution in [3.05, 3.63) is 50.1 Å². The number of hydrogen-bond acceptors (Lipinski definition) is 6. The zero-order chi connectivity index (χ0) is 21.0. The van der Waals surface area contributed by atoms with Crippen molar-refractivity contribution in [2.45, 2.75) is 56.9 Å². The number of aromatic nitrogens is 2. The quantitative estimate of drug-likeness (QED) is 0.440. The molecule has 3 aromatic rings. The van der Waals surface area contributed by atoms with Crippen LogP contribution in [-0.4, -0.2) is 27.4 Å². The van der Waals surface area contributed by atoms with Crippen molar-refractivity contribution in [3.8, 4) is 5.69 Å². The number of thiophene rings is 1. The van der Waals surface area contributed by atoms with Gasteiger partial charge in [0, 0.05) is 11.3 Å². The lowest BCUT2D eigenvalue weighted by atomic mass is 9.89. The Hall–Kier alpha value is -2.12. The van der Waals surface area contributed by atoms with Gasteiger partial charge in [-0.25, -0.2) is 4.98 Å². The molecule has 2 atom stereocenters. The summed E-state index contributed by atoms with van der Waals surface area (Å²) in [5, 5.41) is 1.03. The van der Waals surface area contributed by atoms with Crippen molar-refractivity contribution in [1.29, 1.82) is 0 Å². The molecule has 30 heavy (non-hydrogen) atoms. The fourth-order valence-corrected chi connectivity index (χ4v) is 6.83. The second-order valence-electron chi connectivity index (χ2n) is 8.42. The van der Waals surface area contributed by atoms with Gasteiger partial charge in [0.15, 0.2) is 5.16 Å². The number of carbonyl (C=O) groups is 1. The third kappa shape index (κ3) is 3.28. The van der Waals surface area contributed by atoms with E-state index in [-0.39, 0.29) is 16.8 Å². The molecule has 7 heteroatoms. The Balaban J connectivity index is 1.77. The van der Waals surface area contributed by atoms with E-state index in [9.17, 15) is 9.59 Å². The van der Waals surface area contributed by atoms with Crippen LogP contribution in [0.4, 0.5) is 0 Å². The molecule has 3 heterocycles. The molecule has 0 amide bonds. The molecule has 0 N–H and O–H groups in total. The van der Waals surface area contributed by atoms with Crippen LogP contribution in [0.5, 0.6) is 0 Å².